The van der Waals surface area contributed by atoms with Crippen molar-refractivity contribution in [3.05, 3.63) is 101 Å². The summed E-state index contributed by atoms with van der Waals surface area (Å²) < 4.78 is 34.3. The van der Waals surface area contributed by atoms with Gasteiger partial charge in [-0.2, -0.15) is 0 Å². The molecule has 0 fully saturated rings. The maximum Gasteiger partial charge on any atom is 0.262 e. The summed E-state index contributed by atoms with van der Waals surface area (Å²) in [5.41, 5.74) is 2.57. The van der Waals surface area contributed by atoms with Gasteiger partial charge in [-0.15, -0.1) is 0 Å². The molecule has 1 aliphatic heterocycles. The van der Waals surface area contributed by atoms with Crippen molar-refractivity contribution in [2.45, 2.75) is 25.8 Å². The molecule has 0 aromatic heterocycles. The molecule has 5 nitrogen and oxygen atoms in total. The molecule has 3 aromatic carbocycles. The number of fused-ring (bicyclic) bond motifs is 1. The number of halogens is 2. The number of allylic oxidation sites excluding steroid dienone is 1. The highest BCUT2D eigenvalue weighted by Crippen LogP contribution is 2.46. The van der Waals surface area contributed by atoms with Gasteiger partial charge in [-0.1, -0.05) is 31.2 Å². The number of Topliss-reactive ketones (excluding diaryl/α,β-unsaturated/α-hetero) is 1. The van der Waals surface area contributed by atoms with E-state index >= 15 is 0 Å². The zero-order chi connectivity index (χ0) is 24.7. The average Bonchev–Trinajstić information content (AvgIpc) is 2.97. The van der Waals surface area contributed by atoms with E-state index in [0.717, 1.165) is 6.07 Å². The third-order valence-corrected chi connectivity index (χ3v) is 6.45. The van der Waals surface area contributed by atoms with Gasteiger partial charge >= 0.3 is 0 Å². The number of hydrogen-bond donors (Lipinski definition) is 1. The lowest BCUT2D eigenvalue weighted by molar-refractivity contribution is -0.117. The molecule has 7 heteroatoms. The summed E-state index contributed by atoms with van der Waals surface area (Å²) in [6.07, 6.45) is 0.849. The maximum atomic E-state index is 14.5. The van der Waals surface area contributed by atoms with Crippen LogP contribution in [0.4, 0.5) is 20.2 Å². The Labute approximate surface area is 202 Å². The van der Waals surface area contributed by atoms with Crippen LogP contribution < -0.4 is 15.0 Å². The molecule has 0 radical (unpaired) electrons. The fourth-order valence-corrected chi connectivity index (χ4v) is 5.01. The van der Waals surface area contributed by atoms with E-state index in [2.05, 4.69) is 5.32 Å². The number of nitrogens with one attached hydrogen (secondary N) is 1. The summed E-state index contributed by atoms with van der Waals surface area (Å²) in [4.78, 5) is 29.1. The quantitative estimate of drug-likeness (QED) is 0.503. The molecule has 0 saturated heterocycles. The molecule has 1 aliphatic carbocycles. The van der Waals surface area contributed by atoms with Crippen LogP contribution in [0.2, 0.25) is 0 Å². The number of carbonyl (C=O) groups excluding carboxylic acids is 2. The number of amides is 1. The molecular formula is C28H24F2N2O3. The van der Waals surface area contributed by atoms with Crippen molar-refractivity contribution < 1.29 is 23.1 Å². The van der Waals surface area contributed by atoms with E-state index in [1.807, 2.05) is 19.1 Å². The van der Waals surface area contributed by atoms with E-state index in [1.54, 1.807) is 36.4 Å². The SMILES string of the molecule is COc1ccccc1C(=O)N1c2ccccc2NC2=C(C(=O)CC(C)C2)C1c1cc(F)cc(F)c1. The summed E-state index contributed by atoms with van der Waals surface area (Å²) in [6.45, 7) is 1.98. The third kappa shape index (κ3) is 4.07. The van der Waals surface area contributed by atoms with Crippen LogP contribution in [0.25, 0.3) is 0 Å². The number of hydrogen-bond acceptors (Lipinski definition) is 4. The monoisotopic (exact) mass is 474 g/mol. The summed E-state index contributed by atoms with van der Waals surface area (Å²) in [5.74, 6) is -1.74. The lowest BCUT2D eigenvalue weighted by Gasteiger charge is -2.35. The van der Waals surface area contributed by atoms with Crippen LogP contribution in [0.5, 0.6) is 5.75 Å². The normalized spacial score (nSPS) is 19.4. The number of nitrogens with zero attached hydrogens (tertiary/aromatic N) is 1. The Hall–Kier alpha value is -4.00. The lowest BCUT2D eigenvalue weighted by Crippen LogP contribution is -2.38. The molecule has 0 bridgehead atoms. The van der Waals surface area contributed by atoms with Crippen LogP contribution in [0.1, 0.15) is 41.7 Å². The largest absolute Gasteiger partial charge is 0.496 e. The van der Waals surface area contributed by atoms with Gasteiger partial charge in [0.05, 0.1) is 30.1 Å². The summed E-state index contributed by atoms with van der Waals surface area (Å²) in [6, 6.07) is 16.0. The number of benzene rings is 3. The van der Waals surface area contributed by atoms with Crippen LogP contribution in [0.3, 0.4) is 0 Å². The summed E-state index contributed by atoms with van der Waals surface area (Å²) >= 11 is 0. The van der Waals surface area contributed by atoms with E-state index in [-0.39, 0.29) is 29.2 Å². The third-order valence-electron chi connectivity index (χ3n) is 6.45. The van der Waals surface area contributed by atoms with Gasteiger partial charge in [0.1, 0.15) is 17.4 Å². The first kappa shape index (κ1) is 22.8. The Bertz CT molecular complexity index is 1350. The Morgan fingerprint density at radius 2 is 1.69 bits per heavy atom. The standard InChI is InChI=1S/C28H24F2N2O3/c1-16-11-22-26(24(33)12-16)27(17-13-18(29)15-19(30)14-17)32(23-9-5-4-8-21(23)31-22)28(34)20-7-3-6-10-25(20)35-2/h3-10,13-16,27,31H,11-12H2,1-2H3. The van der Waals surface area contributed by atoms with Crippen LogP contribution >= 0.6 is 0 Å². The second-order valence-electron chi connectivity index (χ2n) is 8.95. The first-order valence-electron chi connectivity index (χ1n) is 11.4. The van der Waals surface area contributed by atoms with E-state index in [0.29, 0.717) is 34.8 Å². The van der Waals surface area contributed by atoms with Crippen molar-refractivity contribution in [2.24, 2.45) is 5.92 Å². The molecule has 0 saturated carbocycles. The number of ketones is 1. The Morgan fingerprint density at radius 3 is 2.43 bits per heavy atom. The van der Waals surface area contributed by atoms with Crippen molar-refractivity contribution in [1.82, 2.24) is 0 Å². The molecule has 3 aromatic rings. The van der Waals surface area contributed by atoms with Gasteiger partial charge in [0.2, 0.25) is 0 Å². The Kier molecular flexibility index (Phi) is 5.84. The number of anilines is 2. The van der Waals surface area contributed by atoms with Crippen molar-refractivity contribution in [3.8, 4) is 5.75 Å². The fourth-order valence-electron chi connectivity index (χ4n) is 5.01. The minimum atomic E-state index is -1.04. The van der Waals surface area contributed by atoms with Crippen molar-refractivity contribution in [3.63, 3.8) is 0 Å². The first-order chi connectivity index (χ1) is 16.9. The highest BCUT2D eigenvalue weighted by atomic mass is 19.1. The molecule has 2 aliphatic rings. The molecule has 1 N–H and O–H groups in total. The minimum absolute atomic E-state index is 0.0854. The number of carbonyl (C=O) groups is 2. The van der Waals surface area contributed by atoms with Gasteiger partial charge in [0, 0.05) is 23.8 Å². The topological polar surface area (TPSA) is 58.6 Å². The minimum Gasteiger partial charge on any atom is -0.496 e. The number of rotatable bonds is 3. The average molecular weight is 475 g/mol. The molecule has 0 spiro atoms. The van der Waals surface area contributed by atoms with Crippen molar-refractivity contribution in [2.75, 3.05) is 17.3 Å². The van der Waals surface area contributed by atoms with Crippen LogP contribution in [-0.2, 0) is 4.79 Å². The lowest BCUT2D eigenvalue weighted by atomic mass is 9.81. The number of para-hydroxylation sites is 3. The number of methoxy groups -OCH3 is 1. The first-order valence-corrected chi connectivity index (χ1v) is 11.4. The Balaban J connectivity index is 1.82. The smallest absolute Gasteiger partial charge is 0.262 e. The molecule has 1 amide bonds. The van der Waals surface area contributed by atoms with Gasteiger partial charge in [0.15, 0.2) is 5.78 Å². The van der Waals surface area contributed by atoms with E-state index < -0.39 is 23.6 Å². The molecule has 2 unspecified atom stereocenters. The predicted molar refractivity (Wildman–Crippen MR) is 129 cm³/mol. The zero-order valence-electron chi connectivity index (χ0n) is 19.3. The maximum absolute atomic E-state index is 14.5. The van der Waals surface area contributed by atoms with Crippen molar-refractivity contribution >= 4 is 23.1 Å². The van der Waals surface area contributed by atoms with E-state index in [1.165, 1.54) is 24.1 Å². The zero-order valence-corrected chi connectivity index (χ0v) is 19.3. The second kappa shape index (κ2) is 8.98. The van der Waals surface area contributed by atoms with Gasteiger partial charge in [-0.25, -0.2) is 8.78 Å². The number of ether oxygens (including phenoxy) is 1. The van der Waals surface area contributed by atoms with Crippen LogP contribution in [-0.4, -0.2) is 18.8 Å². The molecule has 1 heterocycles. The summed E-state index contributed by atoms with van der Waals surface area (Å²) in [7, 11) is 1.47. The van der Waals surface area contributed by atoms with Gasteiger partial charge in [-0.05, 0) is 54.3 Å². The van der Waals surface area contributed by atoms with Gasteiger partial charge in [0.25, 0.3) is 5.91 Å². The predicted octanol–water partition coefficient (Wildman–Crippen LogP) is 6.04. The second-order valence-corrected chi connectivity index (χ2v) is 8.95. The van der Waals surface area contributed by atoms with E-state index in [4.69, 9.17) is 4.74 Å². The van der Waals surface area contributed by atoms with Gasteiger partial charge in [-0.3, -0.25) is 14.5 Å². The van der Waals surface area contributed by atoms with Crippen LogP contribution in [0.15, 0.2) is 78.0 Å². The highest BCUT2D eigenvalue weighted by molar-refractivity contribution is 6.13. The highest BCUT2D eigenvalue weighted by Gasteiger charge is 2.41. The molecule has 5 rings (SSSR count). The fraction of sp³-hybridized carbons (Fsp3) is 0.214. The molecule has 178 valence electrons. The Morgan fingerprint density at radius 1 is 1.00 bits per heavy atom. The molecule has 2 atom stereocenters. The van der Waals surface area contributed by atoms with Crippen LogP contribution in [0, 0.1) is 17.6 Å². The summed E-state index contributed by atoms with van der Waals surface area (Å²) in [5, 5.41) is 3.36. The molecule has 35 heavy (non-hydrogen) atoms. The van der Waals surface area contributed by atoms with E-state index in [9.17, 15) is 18.4 Å². The van der Waals surface area contributed by atoms with Gasteiger partial charge < -0.3 is 10.1 Å². The molecular weight excluding hydrogens is 450 g/mol. The van der Waals surface area contributed by atoms with Crippen molar-refractivity contribution in [1.29, 1.82) is 0 Å².